The van der Waals surface area contributed by atoms with E-state index in [9.17, 15) is 13.2 Å². The van der Waals surface area contributed by atoms with E-state index in [1.807, 2.05) is 19.9 Å². The average molecular weight is 387 g/mol. The minimum Gasteiger partial charge on any atom is -0.353 e. The smallest absolute Gasteiger partial charge is 0.243 e. The van der Waals surface area contributed by atoms with Gasteiger partial charge in [-0.2, -0.15) is 11.8 Å². The Morgan fingerprint density at radius 2 is 1.72 bits per heavy atom. The zero-order valence-electron chi connectivity index (χ0n) is 16.2. The molecule has 1 aromatic carbocycles. The molecule has 0 bridgehead atoms. The van der Waals surface area contributed by atoms with Crippen molar-refractivity contribution in [3.05, 3.63) is 29.3 Å². The van der Waals surface area contributed by atoms with Gasteiger partial charge < -0.3 is 5.32 Å². The van der Waals surface area contributed by atoms with Crippen LogP contribution < -0.4 is 9.62 Å². The van der Waals surface area contributed by atoms with Gasteiger partial charge in [-0.25, -0.2) is 8.42 Å². The van der Waals surface area contributed by atoms with Crippen LogP contribution in [-0.2, 0) is 14.8 Å². The molecule has 0 aliphatic rings. The molecule has 1 amide bonds. The van der Waals surface area contributed by atoms with E-state index in [1.54, 1.807) is 30.8 Å². The Labute approximate surface area is 156 Å². The quantitative estimate of drug-likeness (QED) is 0.731. The molecule has 0 spiro atoms. The first-order chi connectivity index (χ1) is 11.3. The molecule has 25 heavy (non-hydrogen) atoms. The second kappa shape index (κ2) is 8.45. The Kier molecular flexibility index (Phi) is 7.38. The number of nitrogens with zero attached hydrogens (tertiary/aromatic N) is 1. The van der Waals surface area contributed by atoms with Gasteiger partial charge >= 0.3 is 0 Å². The molecule has 142 valence electrons. The number of aryl methyl sites for hydroxylation is 2. The lowest BCUT2D eigenvalue weighted by Crippen LogP contribution is -2.48. The first-order valence-corrected chi connectivity index (χ1v) is 11.1. The van der Waals surface area contributed by atoms with E-state index < -0.39 is 16.1 Å². The molecule has 1 rings (SSSR count). The molecule has 0 radical (unpaired) electrons. The molecule has 0 aromatic heterocycles. The SMILES string of the molecule is Cc1cc(C)cc(N([C@H](C)C(=O)NCCSC(C)(C)C)S(C)(=O)=O)c1. The number of nitrogens with one attached hydrogen (secondary N) is 1. The number of hydrogen-bond acceptors (Lipinski definition) is 4. The number of sulfonamides is 1. The summed E-state index contributed by atoms with van der Waals surface area (Å²) in [6.45, 7) is 12.3. The van der Waals surface area contributed by atoms with Crippen LogP contribution in [0.5, 0.6) is 0 Å². The van der Waals surface area contributed by atoms with Crippen LogP contribution in [0.25, 0.3) is 0 Å². The standard InChI is InChI=1S/C18H30N2O3S2/c1-13-10-14(2)12-16(11-13)20(25(7,22)23)15(3)17(21)19-8-9-24-18(4,5)6/h10-12,15H,8-9H2,1-7H3,(H,19,21)/t15-/m1/s1. The average Bonchev–Trinajstić information content (AvgIpc) is 2.39. The maximum Gasteiger partial charge on any atom is 0.243 e. The Bertz CT molecular complexity index is 689. The van der Waals surface area contributed by atoms with Gasteiger partial charge in [-0.05, 0) is 44.0 Å². The molecular weight excluding hydrogens is 356 g/mol. The van der Waals surface area contributed by atoms with Gasteiger partial charge in [0.05, 0.1) is 11.9 Å². The summed E-state index contributed by atoms with van der Waals surface area (Å²) in [5.74, 6) is 0.490. The van der Waals surface area contributed by atoms with E-state index in [-0.39, 0.29) is 10.7 Å². The van der Waals surface area contributed by atoms with Crippen LogP contribution >= 0.6 is 11.8 Å². The predicted octanol–water partition coefficient (Wildman–Crippen LogP) is 3.11. The molecular formula is C18H30N2O3S2. The molecule has 0 saturated heterocycles. The molecule has 1 N–H and O–H groups in total. The fourth-order valence-corrected chi connectivity index (χ4v) is 4.54. The van der Waals surface area contributed by atoms with Gasteiger partial charge in [0.25, 0.3) is 0 Å². The Morgan fingerprint density at radius 3 is 2.16 bits per heavy atom. The second-order valence-electron chi connectivity index (χ2n) is 7.33. The first-order valence-electron chi connectivity index (χ1n) is 8.30. The van der Waals surface area contributed by atoms with Gasteiger partial charge in [0, 0.05) is 17.0 Å². The number of hydrogen-bond donors (Lipinski definition) is 1. The number of rotatable bonds is 7. The summed E-state index contributed by atoms with van der Waals surface area (Å²) in [5.41, 5.74) is 2.43. The maximum absolute atomic E-state index is 12.5. The van der Waals surface area contributed by atoms with Gasteiger partial charge in [0.15, 0.2) is 0 Å². The lowest BCUT2D eigenvalue weighted by molar-refractivity contribution is -0.121. The molecule has 7 heteroatoms. The number of anilines is 1. The Morgan fingerprint density at radius 1 is 1.20 bits per heavy atom. The van der Waals surface area contributed by atoms with Gasteiger partial charge in [0.2, 0.25) is 15.9 Å². The van der Waals surface area contributed by atoms with Crippen molar-refractivity contribution in [2.24, 2.45) is 0 Å². The molecule has 1 atom stereocenters. The molecule has 0 aliphatic carbocycles. The Balaban J connectivity index is 2.91. The summed E-state index contributed by atoms with van der Waals surface area (Å²) in [7, 11) is -3.58. The molecule has 1 aromatic rings. The zero-order chi connectivity index (χ0) is 19.4. The molecule has 5 nitrogen and oxygen atoms in total. The fraction of sp³-hybridized carbons (Fsp3) is 0.611. The van der Waals surface area contributed by atoms with E-state index in [4.69, 9.17) is 0 Å². The van der Waals surface area contributed by atoms with Crippen LogP contribution in [0.4, 0.5) is 5.69 Å². The van der Waals surface area contributed by atoms with Crippen molar-refractivity contribution in [3.63, 3.8) is 0 Å². The van der Waals surface area contributed by atoms with Crippen LogP contribution in [0.1, 0.15) is 38.8 Å². The number of benzene rings is 1. The Hall–Kier alpha value is -1.21. The van der Waals surface area contributed by atoms with E-state index in [0.29, 0.717) is 12.2 Å². The number of amides is 1. The number of thioether (sulfide) groups is 1. The van der Waals surface area contributed by atoms with Crippen LogP contribution in [-0.4, -0.2) is 43.7 Å². The highest BCUT2D eigenvalue weighted by atomic mass is 32.2. The normalized spacial score (nSPS) is 13.4. The van der Waals surface area contributed by atoms with Crippen molar-refractivity contribution in [3.8, 4) is 0 Å². The summed E-state index contributed by atoms with van der Waals surface area (Å²) in [5, 5.41) is 2.84. The van der Waals surface area contributed by atoms with Crippen LogP contribution in [0.3, 0.4) is 0 Å². The summed E-state index contributed by atoms with van der Waals surface area (Å²) < 4.78 is 25.9. The van der Waals surface area contributed by atoms with Gasteiger partial charge in [-0.15, -0.1) is 0 Å². The minimum absolute atomic E-state index is 0.133. The molecule has 0 unspecified atom stereocenters. The summed E-state index contributed by atoms with van der Waals surface area (Å²) in [6.07, 6.45) is 1.13. The van der Waals surface area contributed by atoms with Crippen molar-refractivity contribution in [1.29, 1.82) is 0 Å². The lowest BCUT2D eigenvalue weighted by Gasteiger charge is -2.29. The van der Waals surface area contributed by atoms with Gasteiger partial charge in [0.1, 0.15) is 6.04 Å². The third-order valence-electron chi connectivity index (χ3n) is 3.49. The van der Waals surface area contributed by atoms with E-state index >= 15 is 0 Å². The summed E-state index contributed by atoms with van der Waals surface area (Å²) in [4.78, 5) is 12.5. The lowest BCUT2D eigenvalue weighted by atomic mass is 10.1. The minimum atomic E-state index is -3.58. The van der Waals surface area contributed by atoms with Gasteiger partial charge in [-0.1, -0.05) is 26.8 Å². The van der Waals surface area contributed by atoms with Crippen LogP contribution in [0.2, 0.25) is 0 Å². The van der Waals surface area contributed by atoms with E-state index in [0.717, 1.165) is 23.1 Å². The second-order valence-corrected chi connectivity index (χ2v) is 11.1. The fourth-order valence-electron chi connectivity index (χ4n) is 2.57. The van der Waals surface area contributed by atoms with Crippen molar-refractivity contribution >= 4 is 33.4 Å². The number of carbonyl (C=O) groups is 1. The predicted molar refractivity (Wildman–Crippen MR) is 108 cm³/mol. The highest BCUT2D eigenvalue weighted by Gasteiger charge is 2.29. The zero-order valence-corrected chi connectivity index (χ0v) is 17.8. The van der Waals surface area contributed by atoms with E-state index in [2.05, 4.69) is 26.1 Å². The molecule has 0 heterocycles. The number of carbonyl (C=O) groups excluding carboxylic acids is 1. The third kappa shape index (κ3) is 7.28. The van der Waals surface area contributed by atoms with E-state index in [1.165, 1.54) is 4.31 Å². The summed E-state index contributed by atoms with van der Waals surface area (Å²) in [6, 6.07) is 4.73. The molecule has 0 fully saturated rings. The molecule has 0 aliphatic heterocycles. The molecule has 0 saturated carbocycles. The monoisotopic (exact) mass is 386 g/mol. The highest BCUT2D eigenvalue weighted by Crippen LogP contribution is 2.24. The van der Waals surface area contributed by atoms with Crippen LogP contribution in [0, 0.1) is 13.8 Å². The van der Waals surface area contributed by atoms with Crippen molar-refractivity contribution in [1.82, 2.24) is 5.32 Å². The van der Waals surface area contributed by atoms with Gasteiger partial charge in [-0.3, -0.25) is 9.10 Å². The van der Waals surface area contributed by atoms with Crippen molar-refractivity contribution < 1.29 is 13.2 Å². The highest BCUT2D eigenvalue weighted by molar-refractivity contribution is 8.00. The largest absolute Gasteiger partial charge is 0.353 e. The van der Waals surface area contributed by atoms with Crippen molar-refractivity contribution in [2.75, 3.05) is 22.9 Å². The van der Waals surface area contributed by atoms with Crippen molar-refractivity contribution in [2.45, 2.75) is 52.3 Å². The maximum atomic E-state index is 12.5. The first kappa shape index (κ1) is 21.8. The van der Waals surface area contributed by atoms with Crippen LogP contribution in [0.15, 0.2) is 18.2 Å². The summed E-state index contributed by atoms with van der Waals surface area (Å²) >= 11 is 1.75. The topological polar surface area (TPSA) is 66.5 Å². The third-order valence-corrected chi connectivity index (χ3v) is 6.00.